The normalized spacial score (nSPS) is 16.6. The van der Waals surface area contributed by atoms with Crippen molar-refractivity contribution in [1.82, 2.24) is 0 Å². The van der Waals surface area contributed by atoms with E-state index in [9.17, 15) is 9.90 Å². The van der Waals surface area contributed by atoms with Crippen LogP contribution in [0.3, 0.4) is 0 Å². The molecular formula is C21H28O2. The first-order valence-electron chi connectivity index (χ1n) is 8.83. The second kappa shape index (κ2) is 8.14. The minimum absolute atomic E-state index is 0.121. The van der Waals surface area contributed by atoms with Crippen molar-refractivity contribution in [3.63, 3.8) is 0 Å². The Bertz CT molecular complexity index is 573. The summed E-state index contributed by atoms with van der Waals surface area (Å²) in [4.78, 5) is 11.7. The molecule has 0 aromatic heterocycles. The minimum Gasteiger partial charge on any atom is -0.478 e. The highest BCUT2D eigenvalue weighted by Crippen LogP contribution is 2.45. The lowest BCUT2D eigenvalue weighted by atomic mass is 9.69. The van der Waals surface area contributed by atoms with Crippen molar-refractivity contribution in [2.24, 2.45) is 5.41 Å². The Labute approximate surface area is 139 Å². The Balaban J connectivity index is 2.38. The average Bonchev–Trinajstić information content (AvgIpc) is 2.59. The van der Waals surface area contributed by atoms with Gasteiger partial charge in [-0.25, -0.2) is 4.79 Å². The van der Waals surface area contributed by atoms with Gasteiger partial charge in [0.2, 0.25) is 0 Å². The van der Waals surface area contributed by atoms with Crippen LogP contribution >= 0.6 is 0 Å². The maximum Gasteiger partial charge on any atom is 0.335 e. The molecule has 0 saturated carbocycles. The van der Waals surface area contributed by atoms with Gasteiger partial charge in [0.05, 0.1) is 5.57 Å². The number of allylic oxidation sites excluding steroid dienone is 2. The molecule has 2 heteroatoms. The van der Waals surface area contributed by atoms with Crippen LogP contribution in [0, 0.1) is 5.41 Å². The summed E-state index contributed by atoms with van der Waals surface area (Å²) >= 11 is 0. The summed E-state index contributed by atoms with van der Waals surface area (Å²) in [5.74, 6) is -0.820. The number of hydrogen-bond acceptors (Lipinski definition) is 1. The molecule has 0 aliphatic heterocycles. The van der Waals surface area contributed by atoms with Crippen LogP contribution in [-0.2, 0) is 4.79 Å². The number of aliphatic carboxylic acids is 1. The highest BCUT2D eigenvalue weighted by Gasteiger charge is 2.32. The Morgan fingerprint density at radius 1 is 1.09 bits per heavy atom. The summed E-state index contributed by atoms with van der Waals surface area (Å²) in [5.41, 5.74) is 2.62. The maximum absolute atomic E-state index is 11.7. The molecule has 0 unspecified atom stereocenters. The quantitative estimate of drug-likeness (QED) is 0.653. The molecule has 1 aliphatic rings. The lowest BCUT2D eigenvalue weighted by molar-refractivity contribution is -0.132. The fraction of sp³-hybridized carbons (Fsp3) is 0.476. The molecule has 0 spiro atoms. The van der Waals surface area contributed by atoms with Crippen molar-refractivity contribution < 1.29 is 9.90 Å². The van der Waals surface area contributed by atoms with Gasteiger partial charge in [-0.2, -0.15) is 0 Å². The smallest absolute Gasteiger partial charge is 0.335 e. The highest BCUT2D eigenvalue weighted by atomic mass is 16.4. The van der Waals surface area contributed by atoms with Gasteiger partial charge in [0.1, 0.15) is 0 Å². The molecule has 0 fully saturated rings. The largest absolute Gasteiger partial charge is 0.478 e. The van der Waals surface area contributed by atoms with Gasteiger partial charge < -0.3 is 5.11 Å². The zero-order chi connectivity index (χ0) is 16.7. The lowest BCUT2D eigenvalue weighted by Crippen LogP contribution is -2.23. The van der Waals surface area contributed by atoms with Crippen LogP contribution in [0.4, 0.5) is 0 Å². The van der Waals surface area contributed by atoms with E-state index in [0.717, 1.165) is 30.4 Å². The first-order valence-corrected chi connectivity index (χ1v) is 8.83. The molecule has 1 aromatic carbocycles. The van der Waals surface area contributed by atoms with Crippen molar-refractivity contribution in [2.45, 2.75) is 58.8 Å². The summed E-state index contributed by atoms with van der Waals surface area (Å²) in [6.07, 6.45) is 11.9. The first kappa shape index (κ1) is 17.5. The van der Waals surface area contributed by atoms with Gasteiger partial charge in [-0.3, -0.25) is 0 Å². The fourth-order valence-corrected chi connectivity index (χ4v) is 3.49. The molecule has 0 amide bonds. The molecule has 2 nitrogen and oxygen atoms in total. The Kier molecular flexibility index (Phi) is 6.20. The van der Waals surface area contributed by atoms with Gasteiger partial charge in [-0.15, -0.1) is 0 Å². The van der Waals surface area contributed by atoms with Gasteiger partial charge in [0.25, 0.3) is 0 Å². The van der Waals surface area contributed by atoms with E-state index in [1.165, 1.54) is 25.7 Å². The summed E-state index contributed by atoms with van der Waals surface area (Å²) in [6.45, 7) is 4.44. The molecule has 1 aromatic rings. The van der Waals surface area contributed by atoms with Crippen LogP contribution in [-0.4, -0.2) is 11.1 Å². The zero-order valence-electron chi connectivity index (χ0n) is 14.3. The SMILES string of the molecule is CCCCC1(CCCC)C=CC(C(=O)O)=C(c2ccccc2)C1. The van der Waals surface area contributed by atoms with Crippen LogP contribution in [0.15, 0.2) is 48.1 Å². The predicted molar refractivity (Wildman–Crippen MR) is 96.2 cm³/mol. The second-order valence-corrected chi connectivity index (χ2v) is 6.64. The van der Waals surface area contributed by atoms with Crippen molar-refractivity contribution >= 4 is 11.5 Å². The van der Waals surface area contributed by atoms with E-state index < -0.39 is 5.97 Å². The van der Waals surface area contributed by atoms with Gasteiger partial charge >= 0.3 is 5.97 Å². The number of rotatable bonds is 8. The molecule has 1 aliphatic carbocycles. The van der Waals surface area contributed by atoms with E-state index >= 15 is 0 Å². The predicted octanol–water partition coefficient (Wildman–Crippen LogP) is 5.85. The molecule has 0 bridgehead atoms. The van der Waals surface area contributed by atoms with Crippen LogP contribution in [0.2, 0.25) is 0 Å². The molecular weight excluding hydrogens is 284 g/mol. The molecule has 2 rings (SSSR count). The van der Waals surface area contributed by atoms with E-state index in [-0.39, 0.29) is 5.41 Å². The standard InChI is InChI=1S/C21H28O2/c1-3-5-13-21(14-6-4-2)15-12-18(20(22)23)19(16-21)17-10-8-7-9-11-17/h7-12,15H,3-6,13-14,16H2,1-2H3,(H,22,23). The molecule has 1 N–H and O–H groups in total. The minimum atomic E-state index is -0.820. The number of unbranched alkanes of at least 4 members (excludes halogenated alkanes) is 2. The van der Waals surface area contributed by atoms with Crippen molar-refractivity contribution in [1.29, 1.82) is 0 Å². The number of benzene rings is 1. The zero-order valence-corrected chi connectivity index (χ0v) is 14.3. The molecule has 0 heterocycles. The van der Waals surface area contributed by atoms with Gasteiger partial charge in [-0.05, 0) is 35.8 Å². The lowest BCUT2D eigenvalue weighted by Gasteiger charge is -2.35. The van der Waals surface area contributed by atoms with Crippen molar-refractivity contribution in [2.75, 3.05) is 0 Å². The van der Waals surface area contributed by atoms with Crippen LogP contribution in [0.5, 0.6) is 0 Å². The van der Waals surface area contributed by atoms with E-state index in [1.807, 2.05) is 36.4 Å². The molecule has 0 radical (unpaired) electrons. The maximum atomic E-state index is 11.7. The number of carbonyl (C=O) groups is 1. The summed E-state index contributed by atoms with van der Waals surface area (Å²) in [7, 11) is 0. The second-order valence-electron chi connectivity index (χ2n) is 6.64. The van der Waals surface area contributed by atoms with E-state index in [0.29, 0.717) is 5.57 Å². The summed E-state index contributed by atoms with van der Waals surface area (Å²) in [5, 5.41) is 9.58. The average molecular weight is 312 g/mol. The number of hydrogen-bond donors (Lipinski definition) is 1. The van der Waals surface area contributed by atoms with Gasteiger partial charge in [0, 0.05) is 0 Å². The molecule has 23 heavy (non-hydrogen) atoms. The molecule has 0 atom stereocenters. The summed E-state index contributed by atoms with van der Waals surface area (Å²) in [6, 6.07) is 10.0. The Hall–Kier alpha value is -1.83. The van der Waals surface area contributed by atoms with Crippen LogP contribution in [0.25, 0.3) is 5.57 Å². The van der Waals surface area contributed by atoms with Crippen LogP contribution in [0.1, 0.15) is 64.4 Å². The highest BCUT2D eigenvalue weighted by molar-refractivity contribution is 6.00. The van der Waals surface area contributed by atoms with E-state index in [4.69, 9.17) is 0 Å². The molecule has 124 valence electrons. The topological polar surface area (TPSA) is 37.3 Å². The fourth-order valence-electron chi connectivity index (χ4n) is 3.49. The third-order valence-corrected chi connectivity index (χ3v) is 4.87. The van der Waals surface area contributed by atoms with Crippen molar-refractivity contribution in [3.8, 4) is 0 Å². The Morgan fingerprint density at radius 3 is 2.22 bits per heavy atom. The third kappa shape index (κ3) is 4.34. The monoisotopic (exact) mass is 312 g/mol. The number of carboxylic acids is 1. The Morgan fingerprint density at radius 2 is 1.70 bits per heavy atom. The summed E-state index contributed by atoms with van der Waals surface area (Å²) < 4.78 is 0. The van der Waals surface area contributed by atoms with Gasteiger partial charge in [-0.1, -0.05) is 82.0 Å². The first-order chi connectivity index (χ1) is 11.1. The molecule has 0 saturated heterocycles. The van der Waals surface area contributed by atoms with E-state index in [2.05, 4.69) is 19.9 Å². The third-order valence-electron chi connectivity index (χ3n) is 4.87. The van der Waals surface area contributed by atoms with Gasteiger partial charge in [0.15, 0.2) is 0 Å². The van der Waals surface area contributed by atoms with E-state index in [1.54, 1.807) is 0 Å². The van der Waals surface area contributed by atoms with Crippen molar-refractivity contribution in [3.05, 3.63) is 53.6 Å². The van der Waals surface area contributed by atoms with Crippen LogP contribution < -0.4 is 0 Å². The number of carboxylic acid groups (broad SMARTS) is 1.